The van der Waals surface area contributed by atoms with Gasteiger partial charge in [0.1, 0.15) is 11.0 Å². The molecule has 8 nitrogen and oxygen atoms in total. The number of benzene rings is 5. The molecule has 9 aromatic rings. The van der Waals surface area contributed by atoms with Gasteiger partial charge in [0.2, 0.25) is 11.8 Å². The molecule has 0 saturated carbocycles. The lowest BCUT2D eigenvalue weighted by Gasteiger charge is -2.10. The first-order valence-electron chi connectivity index (χ1n) is 15.4. The van der Waals surface area contributed by atoms with Gasteiger partial charge >= 0.3 is 0 Å². The zero-order valence-corrected chi connectivity index (χ0v) is 25.4. The highest BCUT2D eigenvalue weighted by Gasteiger charge is 2.16. The Morgan fingerprint density at radius 3 is 1.62 bits per heavy atom. The molecule has 0 aliphatic rings. The van der Waals surface area contributed by atoms with E-state index in [4.69, 9.17) is 28.8 Å². The fourth-order valence-electron chi connectivity index (χ4n) is 5.67. The molecule has 226 valence electrons. The van der Waals surface area contributed by atoms with Gasteiger partial charge in [-0.2, -0.15) is 0 Å². The van der Waals surface area contributed by atoms with E-state index >= 15 is 0 Å². The van der Waals surface area contributed by atoms with Crippen LogP contribution in [0.15, 0.2) is 155 Å². The second-order valence-corrected chi connectivity index (χ2v) is 11.3. The third-order valence-electron chi connectivity index (χ3n) is 8.12. The number of nitrogens with zero attached hydrogens (tertiary/aromatic N) is 6. The topological polar surface area (TPSA) is 104 Å². The lowest BCUT2D eigenvalue weighted by Crippen LogP contribution is -2.00. The van der Waals surface area contributed by atoms with Crippen LogP contribution in [0, 0.1) is 0 Å². The molecule has 0 aliphatic heterocycles. The van der Waals surface area contributed by atoms with E-state index in [2.05, 4.69) is 22.1 Å². The van der Waals surface area contributed by atoms with Crippen LogP contribution in [0.2, 0.25) is 0 Å². The maximum Gasteiger partial charge on any atom is 0.227 e. The third kappa shape index (κ3) is 5.17. The normalized spacial score (nSPS) is 11.3. The summed E-state index contributed by atoms with van der Waals surface area (Å²) in [5.74, 6) is 2.74. The SMILES string of the molecule is c1ccc(-c2nc3cc(-c4nc(-c5ccc(-c6nc7ccccc7o6)cc5)nc(-c5cccc(-c6ccncc6)c5)n4)ccc3o2)cc1. The molecule has 0 amide bonds. The molecule has 9 rings (SSSR count). The van der Waals surface area contributed by atoms with Gasteiger partial charge in [0.15, 0.2) is 28.6 Å². The molecular weight excluding hydrogens is 596 g/mol. The first kappa shape index (κ1) is 27.5. The molecule has 0 spiro atoms. The summed E-state index contributed by atoms with van der Waals surface area (Å²) in [7, 11) is 0. The van der Waals surface area contributed by atoms with Gasteiger partial charge in [-0.3, -0.25) is 4.98 Å². The van der Waals surface area contributed by atoms with Gasteiger partial charge in [0, 0.05) is 40.2 Å². The second kappa shape index (κ2) is 11.5. The maximum absolute atomic E-state index is 6.07. The van der Waals surface area contributed by atoms with Crippen LogP contribution in [0.4, 0.5) is 0 Å². The summed E-state index contributed by atoms with van der Waals surface area (Å²) in [6, 6.07) is 43.5. The van der Waals surface area contributed by atoms with Crippen molar-refractivity contribution in [2.45, 2.75) is 0 Å². The summed E-state index contributed by atoms with van der Waals surface area (Å²) in [6.45, 7) is 0. The molecule has 0 bridgehead atoms. The number of fused-ring (bicyclic) bond motifs is 2. The quantitative estimate of drug-likeness (QED) is 0.181. The average Bonchev–Trinajstić information content (AvgIpc) is 3.80. The molecule has 0 fully saturated rings. The van der Waals surface area contributed by atoms with Crippen LogP contribution < -0.4 is 0 Å². The highest BCUT2D eigenvalue weighted by Crippen LogP contribution is 2.32. The summed E-state index contributed by atoms with van der Waals surface area (Å²) in [5, 5.41) is 0. The van der Waals surface area contributed by atoms with Crippen molar-refractivity contribution in [1.82, 2.24) is 29.9 Å². The van der Waals surface area contributed by atoms with Gasteiger partial charge in [0.25, 0.3) is 0 Å². The van der Waals surface area contributed by atoms with Gasteiger partial charge in [-0.05, 0) is 83.9 Å². The molecule has 5 aromatic carbocycles. The Kier molecular flexibility index (Phi) is 6.61. The van der Waals surface area contributed by atoms with Crippen molar-refractivity contribution in [3.8, 4) is 68.2 Å². The fraction of sp³-hybridized carbons (Fsp3) is 0. The third-order valence-corrected chi connectivity index (χ3v) is 8.12. The van der Waals surface area contributed by atoms with Crippen molar-refractivity contribution in [3.63, 3.8) is 0 Å². The number of pyridine rings is 1. The van der Waals surface area contributed by atoms with Gasteiger partial charge < -0.3 is 8.83 Å². The molecule has 0 unspecified atom stereocenters. The van der Waals surface area contributed by atoms with E-state index in [0.717, 1.165) is 55.6 Å². The highest BCUT2D eigenvalue weighted by molar-refractivity contribution is 5.82. The van der Waals surface area contributed by atoms with Gasteiger partial charge in [-0.1, -0.05) is 60.7 Å². The highest BCUT2D eigenvalue weighted by atomic mass is 16.4. The van der Waals surface area contributed by atoms with E-state index in [1.54, 1.807) is 12.4 Å². The molecule has 0 atom stereocenters. The zero-order chi connectivity index (χ0) is 31.9. The van der Waals surface area contributed by atoms with Crippen molar-refractivity contribution >= 4 is 22.2 Å². The lowest BCUT2D eigenvalue weighted by molar-refractivity contribution is 0.619. The predicted molar refractivity (Wildman–Crippen MR) is 185 cm³/mol. The summed E-state index contributed by atoms with van der Waals surface area (Å²) < 4.78 is 12.1. The Morgan fingerprint density at radius 1 is 0.333 bits per heavy atom. The Hall–Kier alpha value is -6.80. The van der Waals surface area contributed by atoms with Gasteiger partial charge in [-0.15, -0.1) is 0 Å². The van der Waals surface area contributed by atoms with Crippen molar-refractivity contribution in [2.24, 2.45) is 0 Å². The minimum absolute atomic E-state index is 0.526. The number of hydrogen-bond donors (Lipinski definition) is 0. The van der Waals surface area contributed by atoms with Crippen LogP contribution in [0.3, 0.4) is 0 Å². The minimum Gasteiger partial charge on any atom is -0.436 e. The standard InChI is InChI=1S/C40H24N6O2/c1-2-7-27(8-3-1)39-43-33-24-31(17-18-35(33)48-39)38-45-36(26-13-15-28(16-14-26)40-42-32-11-4-5-12-34(32)47-40)44-37(46-38)30-10-6-9-29(23-30)25-19-21-41-22-20-25/h1-24H. The van der Waals surface area contributed by atoms with Gasteiger partial charge in [-0.25, -0.2) is 24.9 Å². The van der Waals surface area contributed by atoms with Crippen LogP contribution >= 0.6 is 0 Å². The largest absolute Gasteiger partial charge is 0.436 e. The lowest BCUT2D eigenvalue weighted by atomic mass is 10.0. The Bertz CT molecular complexity index is 2530. The van der Waals surface area contributed by atoms with Crippen LogP contribution in [0.5, 0.6) is 0 Å². The van der Waals surface area contributed by atoms with Crippen molar-refractivity contribution in [1.29, 1.82) is 0 Å². The second-order valence-electron chi connectivity index (χ2n) is 11.3. The fourth-order valence-corrected chi connectivity index (χ4v) is 5.67. The van der Waals surface area contributed by atoms with E-state index in [9.17, 15) is 0 Å². The van der Waals surface area contributed by atoms with Crippen LogP contribution in [0.25, 0.3) is 90.4 Å². The number of para-hydroxylation sites is 2. The zero-order valence-electron chi connectivity index (χ0n) is 25.4. The van der Waals surface area contributed by atoms with Crippen molar-refractivity contribution < 1.29 is 8.83 Å². The van der Waals surface area contributed by atoms with E-state index in [1.165, 1.54) is 0 Å². The molecule has 0 aliphatic carbocycles. The Labute approximate surface area is 274 Å². The maximum atomic E-state index is 6.07. The number of aromatic nitrogens is 6. The smallest absolute Gasteiger partial charge is 0.227 e. The molecule has 4 aromatic heterocycles. The van der Waals surface area contributed by atoms with Gasteiger partial charge in [0.05, 0.1) is 0 Å². The first-order valence-corrected chi connectivity index (χ1v) is 15.4. The number of hydrogen-bond acceptors (Lipinski definition) is 8. The molecule has 0 radical (unpaired) electrons. The van der Waals surface area contributed by atoms with E-state index < -0.39 is 0 Å². The van der Waals surface area contributed by atoms with Crippen LogP contribution in [-0.2, 0) is 0 Å². The first-order chi connectivity index (χ1) is 23.7. The summed E-state index contributed by atoms with van der Waals surface area (Å²) in [4.78, 5) is 28.5. The molecule has 8 heteroatoms. The molecule has 0 saturated heterocycles. The Balaban J connectivity index is 1.15. The molecule has 0 N–H and O–H groups in total. The number of oxazole rings is 2. The average molecular weight is 621 g/mol. The van der Waals surface area contributed by atoms with E-state index in [0.29, 0.717) is 34.8 Å². The van der Waals surface area contributed by atoms with Crippen LogP contribution in [0.1, 0.15) is 0 Å². The van der Waals surface area contributed by atoms with E-state index in [-0.39, 0.29) is 0 Å². The number of rotatable bonds is 6. The summed E-state index contributed by atoms with van der Waals surface area (Å²) >= 11 is 0. The monoisotopic (exact) mass is 620 g/mol. The summed E-state index contributed by atoms with van der Waals surface area (Å²) in [5.41, 5.74) is 9.34. The minimum atomic E-state index is 0.526. The Morgan fingerprint density at radius 2 is 0.875 bits per heavy atom. The van der Waals surface area contributed by atoms with Crippen LogP contribution in [-0.4, -0.2) is 29.9 Å². The molecule has 4 heterocycles. The van der Waals surface area contributed by atoms with Crippen molar-refractivity contribution in [3.05, 3.63) is 146 Å². The molecule has 48 heavy (non-hydrogen) atoms. The summed E-state index contributed by atoms with van der Waals surface area (Å²) in [6.07, 6.45) is 3.57. The van der Waals surface area contributed by atoms with Crippen molar-refractivity contribution in [2.75, 3.05) is 0 Å². The van der Waals surface area contributed by atoms with E-state index in [1.807, 2.05) is 121 Å². The molecular formula is C40H24N6O2. The predicted octanol–water partition coefficient (Wildman–Crippen LogP) is 9.55.